The smallest absolute Gasteiger partial charge is 0.254 e. The number of carbonyl (C=O) groups is 1. The summed E-state index contributed by atoms with van der Waals surface area (Å²) >= 11 is 7.41. The molecule has 0 aliphatic heterocycles. The van der Waals surface area contributed by atoms with Gasteiger partial charge in [-0.25, -0.2) is 9.37 Å². The van der Waals surface area contributed by atoms with E-state index in [1.54, 1.807) is 11.3 Å². The fraction of sp³-hybridized carbons (Fsp3) is 0.231. The van der Waals surface area contributed by atoms with E-state index >= 15 is 0 Å². The predicted molar refractivity (Wildman–Crippen MR) is 74.2 cm³/mol. The number of carbonyl (C=O) groups excluding carboxylic acids is 1. The van der Waals surface area contributed by atoms with Crippen molar-refractivity contribution in [2.45, 2.75) is 19.4 Å². The van der Waals surface area contributed by atoms with Crippen LogP contribution in [-0.4, -0.2) is 16.9 Å². The van der Waals surface area contributed by atoms with E-state index < -0.39 is 11.7 Å². The van der Waals surface area contributed by atoms with Crippen molar-refractivity contribution in [3.05, 3.63) is 51.2 Å². The maximum absolute atomic E-state index is 13.1. The second-order valence-electron chi connectivity index (χ2n) is 4.15. The molecule has 0 aromatic carbocycles. The molecular weight excluding hydrogens is 287 g/mol. The lowest BCUT2D eigenvalue weighted by Crippen LogP contribution is -2.34. The Morgan fingerprint density at radius 1 is 1.63 bits per heavy atom. The van der Waals surface area contributed by atoms with E-state index in [2.05, 4.69) is 10.3 Å². The summed E-state index contributed by atoms with van der Waals surface area (Å²) in [6.45, 7) is 1.89. The molecule has 0 bridgehead atoms. The lowest BCUT2D eigenvalue weighted by Gasteiger charge is -2.13. The largest absolute Gasteiger partial charge is 0.349 e. The topological polar surface area (TPSA) is 42.0 Å². The first kappa shape index (κ1) is 14.0. The van der Waals surface area contributed by atoms with Gasteiger partial charge in [0.05, 0.1) is 11.8 Å². The summed E-state index contributed by atoms with van der Waals surface area (Å²) in [4.78, 5) is 16.7. The van der Waals surface area contributed by atoms with E-state index in [1.165, 1.54) is 4.88 Å². The van der Waals surface area contributed by atoms with E-state index in [1.807, 2.05) is 24.4 Å². The molecule has 0 spiro atoms. The van der Waals surface area contributed by atoms with Crippen molar-refractivity contribution in [2.24, 2.45) is 0 Å². The van der Waals surface area contributed by atoms with E-state index in [0.717, 1.165) is 18.7 Å². The zero-order valence-corrected chi connectivity index (χ0v) is 11.8. The second kappa shape index (κ2) is 6.12. The molecule has 2 heterocycles. The Labute approximate surface area is 119 Å². The molecule has 1 unspecified atom stereocenters. The fourth-order valence-electron chi connectivity index (χ4n) is 1.66. The van der Waals surface area contributed by atoms with Gasteiger partial charge in [0.15, 0.2) is 0 Å². The first-order valence-electron chi connectivity index (χ1n) is 5.70. The van der Waals surface area contributed by atoms with Crippen molar-refractivity contribution in [1.29, 1.82) is 0 Å². The van der Waals surface area contributed by atoms with Crippen LogP contribution in [0, 0.1) is 5.82 Å². The Morgan fingerprint density at radius 2 is 2.42 bits per heavy atom. The van der Waals surface area contributed by atoms with Crippen molar-refractivity contribution in [1.82, 2.24) is 10.3 Å². The molecule has 100 valence electrons. The average molecular weight is 299 g/mol. The quantitative estimate of drug-likeness (QED) is 0.880. The van der Waals surface area contributed by atoms with E-state index in [0.29, 0.717) is 0 Å². The third-order valence-corrected chi connectivity index (χ3v) is 3.72. The minimum Gasteiger partial charge on any atom is -0.349 e. The molecule has 1 atom stereocenters. The highest BCUT2D eigenvalue weighted by atomic mass is 35.5. The van der Waals surface area contributed by atoms with Crippen LogP contribution in [0.2, 0.25) is 5.15 Å². The Balaban J connectivity index is 2.02. The number of nitrogens with zero attached hydrogens (tertiary/aromatic N) is 1. The minimum atomic E-state index is -0.583. The molecule has 1 amide bonds. The number of aromatic nitrogens is 1. The number of nitrogens with one attached hydrogen (secondary N) is 1. The van der Waals surface area contributed by atoms with Crippen LogP contribution in [0.1, 0.15) is 22.2 Å². The monoisotopic (exact) mass is 298 g/mol. The summed E-state index contributed by atoms with van der Waals surface area (Å²) < 4.78 is 13.1. The van der Waals surface area contributed by atoms with E-state index in [4.69, 9.17) is 11.6 Å². The maximum Gasteiger partial charge on any atom is 0.254 e. The maximum atomic E-state index is 13.1. The molecular formula is C13H12ClFN2OS. The van der Waals surface area contributed by atoms with Gasteiger partial charge in [0.25, 0.3) is 5.91 Å². The summed E-state index contributed by atoms with van der Waals surface area (Å²) in [6, 6.07) is 4.99. The number of hydrogen-bond acceptors (Lipinski definition) is 3. The predicted octanol–water partition coefficient (Wildman–Crippen LogP) is 3.30. The molecule has 6 heteroatoms. The molecule has 2 aromatic rings. The number of thiophene rings is 1. The van der Waals surface area contributed by atoms with Crippen LogP contribution < -0.4 is 5.32 Å². The van der Waals surface area contributed by atoms with Gasteiger partial charge in [-0.2, -0.15) is 0 Å². The van der Waals surface area contributed by atoms with Gasteiger partial charge in [0.2, 0.25) is 0 Å². The van der Waals surface area contributed by atoms with Gasteiger partial charge in [-0.1, -0.05) is 17.7 Å². The van der Waals surface area contributed by atoms with Crippen molar-refractivity contribution in [3.8, 4) is 0 Å². The number of rotatable bonds is 4. The number of pyridine rings is 1. The van der Waals surface area contributed by atoms with Crippen molar-refractivity contribution in [2.75, 3.05) is 0 Å². The zero-order valence-electron chi connectivity index (χ0n) is 10.2. The zero-order chi connectivity index (χ0) is 13.8. The van der Waals surface area contributed by atoms with Gasteiger partial charge >= 0.3 is 0 Å². The van der Waals surface area contributed by atoms with Crippen LogP contribution in [0.3, 0.4) is 0 Å². The van der Waals surface area contributed by atoms with Gasteiger partial charge in [-0.05, 0) is 24.4 Å². The first-order valence-corrected chi connectivity index (χ1v) is 6.96. The highest BCUT2D eigenvalue weighted by Gasteiger charge is 2.15. The van der Waals surface area contributed by atoms with E-state index in [9.17, 15) is 9.18 Å². The summed E-state index contributed by atoms with van der Waals surface area (Å²) in [5.41, 5.74) is 0.0553. The number of amides is 1. The highest BCUT2D eigenvalue weighted by molar-refractivity contribution is 7.09. The average Bonchev–Trinajstić information content (AvgIpc) is 2.84. The second-order valence-corrected chi connectivity index (χ2v) is 5.54. The third kappa shape index (κ3) is 3.75. The Bertz CT molecular complexity index is 574. The molecule has 0 aliphatic carbocycles. The van der Waals surface area contributed by atoms with Crippen molar-refractivity contribution in [3.63, 3.8) is 0 Å². The van der Waals surface area contributed by atoms with Gasteiger partial charge in [0, 0.05) is 17.3 Å². The summed E-state index contributed by atoms with van der Waals surface area (Å²) in [7, 11) is 0. The normalized spacial score (nSPS) is 12.2. The molecule has 19 heavy (non-hydrogen) atoms. The van der Waals surface area contributed by atoms with Crippen LogP contribution in [0.5, 0.6) is 0 Å². The van der Waals surface area contributed by atoms with E-state index in [-0.39, 0.29) is 16.8 Å². The van der Waals surface area contributed by atoms with Crippen LogP contribution >= 0.6 is 22.9 Å². The molecule has 0 radical (unpaired) electrons. The summed E-state index contributed by atoms with van der Waals surface area (Å²) in [5.74, 6) is -0.999. The van der Waals surface area contributed by atoms with Crippen LogP contribution in [0.15, 0.2) is 29.8 Å². The number of hydrogen-bond donors (Lipinski definition) is 1. The van der Waals surface area contributed by atoms with Gasteiger partial charge in [-0.3, -0.25) is 4.79 Å². The Morgan fingerprint density at radius 3 is 3.11 bits per heavy atom. The molecule has 0 fully saturated rings. The molecule has 0 aliphatic rings. The Hall–Kier alpha value is -1.46. The molecule has 1 N–H and O–H groups in total. The SMILES string of the molecule is CC(Cc1cccs1)NC(=O)c1cc(F)cnc1Cl. The van der Waals surface area contributed by atoms with Crippen molar-refractivity contribution >= 4 is 28.8 Å². The minimum absolute atomic E-state index is 0.00206. The van der Waals surface area contributed by atoms with Gasteiger partial charge in [0.1, 0.15) is 11.0 Å². The lowest BCUT2D eigenvalue weighted by molar-refractivity contribution is 0.0939. The summed E-state index contributed by atoms with van der Waals surface area (Å²) in [6.07, 6.45) is 1.71. The molecule has 0 saturated carbocycles. The highest BCUT2D eigenvalue weighted by Crippen LogP contribution is 2.15. The number of halogens is 2. The van der Waals surface area contributed by atoms with Crippen LogP contribution in [-0.2, 0) is 6.42 Å². The Kier molecular flexibility index (Phi) is 4.50. The lowest BCUT2D eigenvalue weighted by atomic mass is 10.2. The standard InChI is InChI=1S/C13H12ClFN2OS/c1-8(5-10-3-2-4-19-10)17-13(18)11-6-9(15)7-16-12(11)14/h2-4,6-8H,5H2,1H3,(H,17,18). The molecule has 3 nitrogen and oxygen atoms in total. The van der Waals surface area contributed by atoms with Crippen LogP contribution in [0.4, 0.5) is 4.39 Å². The third-order valence-electron chi connectivity index (χ3n) is 2.52. The van der Waals surface area contributed by atoms with Gasteiger partial charge < -0.3 is 5.32 Å². The molecule has 2 rings (SSSR count). The van der Waals surface area contributed by atoms with Crippen LogP contribution in [0.25, 0.3) is 0 Å². The molecule has 2 aromatic heterocycles. The fourth-order valence-corrected chi connectivity index (χ4v) is 2.69. The molecule has 0 saturated heterocycles. The van der Waals surface area contributed by atoms with Crippen molar-refractivity contribution < 1.29 is 9.18 Å². The summed E-state index contributed by atoms with van der Waals surface area (Å²) in [5, 5.41) is 4.76. The van der Waals surface area contributed by atoms with Gasteiger partial charge in [-0.15, -0.1) is 11.3 Å². The first-order chi connectivity index (χ1) is 9.06.